The normalized spacial score (nSPS) is 12.9. The fourth-order valence-electron chi connectivity index (χ4n) is 0.792. The monoisotopic (exact) mass is 270 g/mol. The first kappa shape index (κ1) is 15.2. The van der Waals surface area contributed by atoms with Crippen LogP contribution in [0.5, 0.6) is 0 Å². The number of sulfone groups is 1. The molecular formula is C8H15ClN2O4S. The predicted octanol–water partition coefficient (Wildman–Crippen LogP) is -0.126. The van der Waals surface area contributed by atoms with Crippen LogP contribution in [0, 0.1) is 0 Å². The number of urea groups is 1. The summed E-state index contributed by atoms with van der Waals surface area (Å²) in [7, 11) is -3.02. The molecule has 0 saturated heterocycles. The number of rotatable bonds is 5. The van der Waals surface area contributed by atoms with Crippen LogP contribution >= 0.6 is 11.6 Å². The lowest BCUT2D eigenvalue weighted by molar-refractivity contribution is -0.119. The SMILES string of the molecule is CC(Cl)C(=O)NC(=O)NCCCS(C)(=O)=O. The fourth-order valence-corrected chi connectivity index (χ4v) is 1.52. The maximum atomic E-state index is 11.0. The first-order valence-electron chi connectivity index (χ1n) is 4.63. The lowest BCUT2D eigenvalue weighted by atomic mass is 10.4. The molecule has 16 heavy (non-hydrogen) atoms. The van der Waals surface area contributed by atoms with Crippen molar-refractivity contribution in [1.29, 1.82) is 0 Å². The van der Waals surface area contributed by atoms with Crippen molar-refractivity contribution in [2.45, 2.75) is 18.7 Å². The van der Waals surface area contributed by atoms with Crippen LogP contribution in [0.2, 0.25) is 0 Å². The van der Waals surface area contributed by atoms with Gasteiger partial charge in [-0.1, -0.05) is 0 Å². The number of amides is 3. The zero-order chi connectivity index (χ0) is 12.8. The lowest BCUT2D eigenvalue weighted by Gasteiger charge is -2.06. The van der Waals surface area contributed by atoms with Crippen molar-refractivity contribution in [2.75, 3.05) is 18.6 Å². The number of carbonyl (C=O) groups is 2. The fraction of sp³-hybridized carbons (Fsp3) is 0.750. The van der Waals surface area contributed by atoms with Gasteiger partial charge in [0.25, 0.3) is 0 Å². The molecule has 2 N–H and O–H groups in total. The molecule has 0 spiro atoms. The van der Waals surface area contributed by atoms with E-state index in [0.29, 0.717) is 6.42 Å². The summed E-state index contributed by atoms with van der Waals surface area (Å²) in [4.78, 5) is 22.0. The van der Waals surface area contributed by atoms with Crippen LogP contribution in [-0.4, -0.2) is 44.3 Å². The first-order chi connectivity index (χ1) is 7.22. The Morgan fingerprint density at radius 1 is 1.38 bits per heavy atom. The Hall–Kier alpha value is -0.820. The molecule has 6 nitrogen and oxygen atoms in total. The van der Waals surface area contributed by atoms with Crippen molar-refractivity contribution >= 4 is 33.4 Å². The second-order valence-electron chi connectivity index (χ2n) is 3.34. The molecule has 0 fully saturated rings. The molecular weight excluding hydrogens is 256 g/mol. The highest BCUT2D eigenvalue weighted by Gasteiger charge is 2.12. The molecule has 8 heteroatoms. The molecule has 0 aliphatic heterocycles. The summed E-state index contributed by atoms with van der Waals surface area (Å²) in [6.45, 7) is 1.62. The van der Waals surface area contributed by atoms with Crippen LogP contribution in [0.4, 0.5) is 4.79 Å². The summed E-state index contributed by atoms with van der Waals surface area (Å²) < 4.78 is 21.5. The van der Waals surface area contributed by atoms with Crippen LogP contribution < -0.4 is 10.6 Å². The summed E-state index contributed by atoms with van der Waals surface area (Å²) in [5, 5.41) is 3.56. The number of alkyl halides is 1. The van der Waals surface area contributed by atoms with Crippen molar-refractivity contribution in [3.63, 3.8) is 0 Å². The van der Waals surface area contributed by atoms with Crippen molar-refractivity contribution in [3.8, 4) is 0 Å². The van der Waals surface area contributed by atoms with Crippen LogP contribution in [0.3, 0.4) is 0 Å². The topological polar surface area (TPSA) is 92.3 Å². The molecule has 0 heterocycles. The van der Waals surface area contributed by atoms with Gasteiger partial charge < -0.3 is 5.32 Å². The van der Waals surface area contributed by atoms with Crippen molar-refractivity contribution < 1.29 is 18.0 Å². The van der Waals surface area contributed by atoms with E-state index in [-0.39, 0.29) is 12.3 Å². The minimum atomic E-state index is -3.02. The molecule has 0 rings (SSSR count). The van der Waals surface area contributed by atoms with E-state index in [1.54, 1.807) is 0 Å². The van der Waals surface area contributed by atoms with E-state index in [9.17, 15) is 18.0 Å². The van der Waals surface area contributed by atoms with Crippen molar-refractivity contribution in [2.24, 2.45) is 0 Å². The Kier molecular flexibility index (Phi) is 6.35. The minimum absolute atomic E-state index is 0.00681. The number of halogens is 1. The first-order valence-corrected chi connectivity index (χ1v) is 7.12. The third-order valence-corrected chi connectivity index (χ3v) is 2.80. The average molecular weight is 271 g/mol. The Morgan fingerprint density at radius 2 is 1.94 bits per heavy atom. The summed E-state index contributed by atoms with van der Waals surface area (Å²) >= 11 is 5.42. The zero-order valence-electron chi connectivity index (χ0n) is 9.12. The van der Waals surface area contributed by atoms with E-state index in [1.807, 2.05) is 5.32 Å². The van der Waals surface area contributed by atoms with Gasteiger partial charge in [0.2, 0.25) is 5.91 Å². The van der Waals surface area contributed by atoms with E-state index in [4.69, 9.17) is 11.6 Å². The molecule has 0 aromatic carbocycles. The van der Waals surface area contributed by atoms with E-state index in [2.05, 4.69) is 5.32 Å². The van der Waals surface area contributed by atoms with E-state index in [1.165, 1.54) is 6.92 Å². The van der Waals surface area contributed by atoms with Gasteiger partial charge >= 0.3 is 6.03 Å². The highest BCUT2D eigenvalue weighted by atomic mass is 35.5. The molecule has 0 bridgehead atoms. The predicted molar refractivity (Wildman–Crippen MR) is 61.2 cm³/mol. The molecule has 0 saturated carbocycles. The Bertz CT molecular complexity index is 353. The molecule has 94 valence electrons. The third-order valence-electron chi connectivity index (χ3n) is 1.58. The van der Waals surface area contributed by atoms with Gasteiger partial charge in [-0.2, -0.15) is 0 Å². The number of nitrogens with one attached hydrogen (secondary N) is 2. The van der Waals surface area contributed by atoms with Gasteiger partial charge in [0.1, 0.15) is 15.2 Å². The summed E-state index contributed by atoms with van der Waals surface area (Å²) in [5.41, 5.74) is 0. The second-order valence-corrected chi connectivity index (χ2v) is 6.26. The standard InChI is InChI=1S/C8H15ClN2O4S/c1-6(9)7(12)11-8(13)10-4-3-5-16(2,14)15/h6H,3-5H2,1-2H3,(H2,10,11,12,13). The molecule has 0 aromatic heterocycles. The van der Waals surface area contributed by atoms with Crippen LogP contribution in [0.15, 0.2) is 0 Å². The second kappa shape index (κ2) is 6.70. The Morgan fingerprint density at radius 3 is 2.38 bits per heavy atom. The van der Waals surface area contributed by atoms with Crippen molar-refractivity contribution in [3.05, 3.63) is 0 Å². The number of hydrogen-bond donors (Lipinski definition) is 2. The van der Waals surface area contributed by atoms with Crippen LogP contribution in [0.1, 0.15) is 13.3 Å². The largest absolute Gasteiger partial charge is 0.338 e. The maximum absolute atomic E-state index is 11.0. The van der Waals surface area contributed by atoms with Gasteiger partial charge in [0.05, 0.1) is 5.75 Å². The highest BCUT2D eigenvalue weighted by molar-refractivity contribution is 7.90. The molecule has 0 aliphatic carbocycles. The Balaban J connectivity index is 3.71. The molecule has 1 atom stereocenters. The molecule has 0 aliphatic rings. The van der Waals surface area contributed by atoms with E-state index >= 15 is 0 Å². The number of hydrogen-bond acceptors (Lipinski definition) is 4. The van der Waals surface area contributed by atoms with Gasteiger partial charge in [-0.15, -0.1) is 11.6 Å². The van der Waals surface area contributed by atoms with Gasteiger partial charge in [-0.3, -0.25) is 10.1 Å². The van der Waals surface area contributed by atoms with Gasteiger partial charge in [0, 0.05) is 12.8 Å². The molecule has 1 unspecified atom stereocenters. The van der Waals surface area contributed by atoms with Gasteiger partial charge in [-0.25, -0.2) is 13.2 Å². The summed E-state index contributed by atoms with van der Waals surface area (Å²) in [6, 6.07) is -0.675. The maximum Gasteiger partial charge on any atom is 0.321 e. The lowest BCUT2D eigenvalue weighted by Crippen LogP contribution is -2.42. The smallest absolute Gasteiger partial charge is 0.321 e. The number of imide groups is 1. The number of carbonyl (C=O) groups excluding carboxylic acids is 2. The van der Waals surface area contributed by atoms with Gasteiger partial charge in [0.15, 0.2) is 0 Å². The quantitative estimate of drug-likeness (QED) is 0.538. The van der Waals surface area contributed by atoms with E-state index < -0.39 is 27.2 Å². The van der Waals surface area contributed by atoms with Gasteiger partial charge in [-0.05, 0) is 13.3 Å². The summed E-state index contributed by atoms with van der Waals surface area (Å²) in [5.74, 6) is -0.602. The third kappa shape index (κ3) is 8.49. The van der Waals surface area contributed by atoms with Crippen LogP contribution in [-0.2, 0) is 14.6 Å². The summed E-state index contributed by atoms with van der Waals surface area (Å²) in [6.07, 6.45) is 1.42. The molecule has 0 radical (unpaired) electrons. The molecule has 3 amide bonds. The van der Waals surface area contributed by atoms with Crippen molar-refractivity contribution in [1.82, 2.24) is 10.6 Å². The average Bonchev–Trinajstić information content (AvgIpc) is 2.10. The zero-order valence-corrected chi connectivity index (χ0v) is 10.7. The minimum Gasteiger partial charge on any atom is -0.338 e. The Labute approximate surface area is 99.6 Å². The van der Waals surface area contributed by atoms with E-state index in [0.717, 1.165) is 6.26 Å². The van der Waals surface area contributed by atoms with Crippen LogP contribution in [0.25, 0.3) is 0 Å². The highest BCUT2D eigenvalue weighted by Crippen LogP contribution is 1.92. The molecule has 0 aromatic rings.